The number of aromatic nitrogens is 1. The lowest BCUT2D eigenvalue weighted by Gasteiger charge is -2.14. The van der Waals surface area contributed by atoms with Crippen molar-refractivity contribution in [3.05, 3.63) is 89.6 Å². The van der Waals surface area contributed by atoms with Crippen LogP contribution >= 0.6 is 0 Å². The summed E-state index contributed by atoms with van der Waals surface area (Å²) >= 11 is 0. The van der Waals surface area contributed by atoms with Crippen molar-refractivity contribution in [2.24, 2.45) is 5.92 Å². The van der Waals surface area contributed by atoms with E-state index in [9.17, 15) is 0 Å². The molecular formula is C23H25N. The maximum absolute atomic E-state index is 4.59. The van der Waals surface area contributed by atoms with Gasteiger partial charge in [0.2, 0.25) is 0 Å². The Kier molecular flexibility index (Phi) is 5.10. The van der Waals surface area contributed by atoms with E-state index in [0.717, 1.165) is 12.1 Å². The predicted molar refractivity (Wildman–Crippen MR) is 102 cm³/mol. The molecule has 3 rings (SSSR count). The van der Waals surface area contributed by atoms with Crippen molar-refractivity contribution >= 4 is 0 Å². The molecule has 0 amide bonds. The summed E-state index contributed by atoms with van der Waals surface area (Å²) < 4.78 is 0. The molecule has 2 aromatic carbocycles. The first-order valence-electron chi connectivity index (χ1n) is 8.73. The third kappa shape index (κ3) is 3.91. The van der Waals surface area contributed by atoms with E-state index in [1.165, 1.54) is 22.3 Å². The maximum Gasteiger partial charge on any atom is 0.0704 e. The number of hydrogen-bond donors (Lipinski definition) is 0. The van der Waals surface area contributed by atoms with Gasteiger partial charge in [-0.3, -0.25) is 4.98 Å². The van der Waals surface area contributed by atoms with Gasteiger partial charge in [-0.1, -0.05) is 69.3 Å². The van der Waals surface area contributed by atoms with Crippen LogP contribution in [0.25, 0.3) is 11.3 Å². The van der Waals surface area contributed by atoms with Crippen LogP contribution in [-0.4, -0.2) is 4.98 Å². The molecule has 1 aromatic heterocycles. The molecule has 1 unspecified atom stereocenters. The van der Waals surface area contributed by atoms with E-state index < -0.39 is 0 Å². The lowest BCUT2D eigenvalue weighted by Crippen LogP contribution is -1.97. The molecule has 0 aliphatic carbocycles. The van der Waals surface area contributed by atoms with Crippen LogP contribution in [0.15, 0.2) is 72.9 Å². The van der Waals surface area contributed by atoms with Gasteiger partial charge in [0.15, 0.2) is 0 Å². The van der Waals surface area contributed by atoms with Crippen LogP contribution in [0.5, 0.6) is 0 Å². The van der Waals surface area contributed by atoms with Gasteiger partial charge in [-0.05, 0) is 47.2 Å². The van der Waals surface area contributed by atoms with Crippen LogP contribution < -0.4 is 0 Å². The van der Waals surface area contributed by atoms with Gasteiger partial charge in [-0.15, -0.1) is 0 Å². The minimum absolute atomic E-state index is 0.380. The van der Waals surface area contributed by atoms with Gasteiger partial charge in [0.05, 0.1) is 5.69 Å². The Labute approximate surface area is 145 Å². The monoisotopic (exact) mass is 315 g/mol. The molecule has 24 heavy (non-hydrogen) atoms. The molecule has 1 heteroatoms. The van der Waals surface area contributed by atoms with Crippen molar-refractivity contribution in [1.82, 2.24) is 4.98 Å². The Morgan fingerprint density at radius 1 is 0.792 bits per heavy atom. The number of nitrogens with zero attached hydrogens (tertiary/aromatic N) is 1. The summed E-state index contributed by atoms with van der Waals surface area (Å²) in [4.78, 5) is 4.59. The number of hydrogen-bond acceptors (Lipinski definition) is 1. The van der Waals surface area contributed by atoms with Crippen molar-refractivity contribution < 1.29 is 0 Å². The summed E-state index contributed by atoms with van der Waals surface area (Å²) in [6.07, 6.45) is 3.02. The second kappa shape index (κ2) is 7.44. The molecule has 0 spiro atoms. The van der Waals surface area contributed by atoms with Crippen molar-refractivity contribution in [3.8, 4) is 11.3 Å². The third-order valence-corrected chi connectivity index (χ3v) is 4.45. The first-order valence-corrected chi connectivity index (χ1v) is 8.73. The highest BCUT2D eigenvalue weighted by Gasteiger charge is 2.10. The first-order chi connectivity index (χ1) is 11.6. The van der Waals surface area contributed by atoms with E-state index in [0.29, 0.717) is 11.8 Å². The molecule has 3 aromatic rings. The molecule has 122 valence electrons. The average Bonchev–Trinajstić information content (AvgIpc) is 2.62. The van der Waals surface area contributed by atoms with Gasteiger partial charge in [0, 0.05) is 17.7 Å². The minimum Gasteiger partial charge on any atom is -0.256 e. The zero-order valence-corrected chi connectivity index (χ0v) is 14.7. The standard InChI is InChI=1S/C23H25N/c1-17(2)14-19-12-13-24-23(15-19)22-11-7-10-21(16-22)18(3)20-8-5-4-6-9-20/h4-13,15-18H,14H2,1-3H3. The minimum atomic E-state index is 0.380. The van der Waals surface area contributed by atoms with E-state index in [1.54, 1.807) is 0 Å². The maximum atomic E-state index is 4.59. The van der Waals surface area contributed by atoms with E-state index in [2.05, 4.69) is 92.5 Å². The molecular weight excluding hydrogens is 290 g/mol. The molecule has 0 bridgehead atoms. The van der Waals surface area contributed by atoms with Crippen molar-refractivity contribution in [1.29, 1.82) is 0 Å². The molecule has 0 saturated heterocycles. The molecule has 1 nitrogen and oxygen atoms in total. The van der Waals surface area contributed by atoms with Crippen LogP contribution in [0, 0.1) is 5.92 Å². The molecule has 0 saturated carbocycles. The topological polar surface area (TPSA) is 12.9 Å². The SMILES string of the molecule is CC(C)Cc1ccnc(-c2cccc(C(C)c3ccccc3)c2)c1. The average molecular weight is 315 g/mol. The summed E-state index contributed by atoms with van der Waals surface area (Å²) in [5.41, 5.74) is 6.29. The summed E-state index contributed by atoms with van der Waals surface area (Å²) in [5, 5.41) is 0. The normalized spacial score (nSPS) is 12.3. The lowest BCUT2D eigenvalue weighted by molar-refractivity contribution is 0.647. The second-order valence-corrected chi connectivity index (χ2v) is 6.91. The second-order valence-electron chi connectivity index (χ2n) is 6.91. The van der Waals surface area contributed by atoms with Crippen LogP contribution in [0.3, 0.4) is 0 Å². The highest BCUT2D eigenvalue weighted by Crippen LogP contribution is 2.28. The van der Waals surface area contributed by atoms with Gasteiger partial charge in [0.25, 0.3) is 0 Å². The van der Waals surface area contributed by atoms with E-state index in [-0.39, 0.29) is 0 Å². The Hall–Kier alpha value is -2.41. The van der Waals surface area contributed by atoms with Crippen molar-refractivity contribution in [2.45, 2.75) is 33.1 Å². The van der Waals surface area contributed by atoms with E-state index in [1.807, 2.05) is 6.20 Å². The highest BCUT2D eigenvalue weighted by molar-refractivity contribution is 5.61. The summed E-state index contributed by atoms with van der Waals surface area (Å²) in [6.45, 7) is 6.77. The molecule has 0 aliphatic heterocycles. The van der Waals surface area contributed by atoms with Crippen LogP contribution in [0.2, 0.25) is 0 Å². The largest absolute Gasteiger partial charge is 0.256 e. The number of pyridine rings is 1. The molecule has 0 aliphatic rings. The zero-order valence-electron chi connectivity index (χ0n) is 14.7. The van der Waals surface area contributed by atoms with Gasteiger partial charge >= 0.3 is 0 Å². The quantitative estimate of drug-likeness (QED) is 0.554. The summed E-state index contributed by atoms with van der Waals surface area (Å²) in [6, 6.07) is 23.8. The van der Waals surface area contributed by atoms with E-state index in [4.69, 9.17) is 0 Å². The molecule has 1 heterocycles. The summed E-state index contributed by atoms with van der Waals surface area (Å²) in [5.74, 6) is 1.04. The molecule has 0 fully saturated rings. The van der Waals surface area contributed by atoms with Crippen LogP contribution in [0.4, 0.5) is 0 Å². The van der Waals surface area contributed by atoms with Gasteiger partial charge in [-0.25, -0.2) is 0 Å². The Morgan fingerprint density at radius 3 is 2.29 bits per heavy atom. The Balaban J connectivity index is 1.91. The molecule has 0 N–H and O–H groups in total. The van der Waals surface area contributed by atoms with Crippen molar-refractivity contribution in [2.75, 3.05) is 0 Å². The zero-order chi connectivity index (χ0) is 16.9. The first kappa shape index (κ1) is 16.4. The molecule has 1 atom stereocenters. The van der Waals surface area contributed by atoms with Crippen LogP contribution in [-0.2, 0) is 6.42 Å². The summed E-state index contributed by atoms with van der Waals surface area (Å²) in [7, 11) is 0. The predicted octanol–water partition coefficient (Wildman–Crippen LogP) is 6.10. The van der Waals surface area contributed by atoms with Gasteiger partial charge in [0.1, 0.15) is 0 Å². The third-order valence-electron chi connectivity index (χ3n) is 4.45. The van der Waals surface area contributed by atoms with Gasteiger partial charge < -0.3 is 0 Å². The number of rotatable bonds is 5. The lowest BCUT2D eigenvalue weighted by atomic mass is 9.91. The Morgan fingerprint density at radius 2 is 1.54 bits per heavy atom. The van der Waals surface area contributed by atoms with Crippen molar-refractivity contribution in [3.63, 3.8) is 0 Å². The number of benzene rings is 2. The fraction of sp³-hybridized carbons (Fsp3) is 0.261. The molecule has 0 radical (unpaired) electrons. The van der Waals surface area contributed by atoms with Gasteiger partial charge in [-0.2, -0.15) is 0 Å². The van der Waals surface area contributed by atoms with Crippen LogP contribution in [0.1, 0.15) is 43.4 Å². The fourth-order valence-electron chi connectivity index (χ4n) is 3.13. The smallest absolute Gasteiger partial charge is 0.0704 e. The van der Waals surface area contributed by atoms with E-state index >= 15 is 0 Å². The Bertz CT molecular complexity index is 790. The highest BCUT2D eigenvalue weighted by atomic mass is 14.7. The fourth-order valence-corrected chi connectivity index (χ4v) is 3.13.